The second-order valence-corrected chi connectivity index (χ2v) is 7.10. The molecule has 0 fully saturated rings. The number of likely N-dealkylation sites (N-methyl/N-ethyl adjacent to an activating group) is 1. The van der Waals surface area contributed by atoms with Gasteiger partial charge in [0.15, 0.2) is 0 Å². The lowest BCUT2D eigenvalue weighted by atomic mass is 10.1. The molecule has 1 aromatic heterocycles. The Bertz CT molecular complexity index is 883. The van der Waals surface area contributed by atoms with Crippen LogP contribution in [0.3, 0.4) is 0 Å². The lowest BCUT2D eigenvalue weighted by Gasteiger charge is -2.31. The van der Waals surface area contributed by atoms with E-state index >= 15 is 0 Å². The first-order valence-electron chi connectivity index (χ1n) is 9.00. The van der Waals surface area contributed by atoms with Gasteiger partial charge in [-0.05, 0) is 44.1 Å². The first kappa shape index (κ1) is 18.2. The summed E-state index contributed by atoms with van der Waals surface area (Å²) in [6.45, 7) is 3.10. The molecule has 26 heavy (non-hydrogen) atoms. The largest absolute Gasteiger partial charge is 0.346 e. The number of fused-ring (bicyclic) bond motifs is 1. The van der Waals surface area contributed by atoms with Gasteiger partial charge in [-0.1, -0.05) is 48.5 Å². The Labute approximate surface area is 155 Å². The molecule has 3 aromatic rings. The molecule has 0 aliphatic heterocycles. The number of amides is 1. The maximum atomic E-state index is 13.0. The van der Waals surface area contributed by atoms with Crippen molar-refractivity contribution in [2.75, 3.05) is 20.6 Å². The summed E-state index contributed by atoms with van der Waals surface area (Å²) < 4.78 is 2.18. The van der Waals surface area contributed by atoms with Crippen molar-refractivity contribution in [3.05, 3.63) is 71.9 Å². The van der Waals surface area contributed by atoms with Crippen LogP contribution >= 0.6 is 0 Å². The third-order valence-electron chi connectivity index (χ3n) is 4.90. The smallest absolute Gasteiger partial charge is 0.237 e. The van der Waals surface area contributed by atoms with Crippen molar-refractivity contribution < 1.29 is 4.79 Å². The van der Waals surface area contributed by atoms with E-state index in [1.807, 2.05) is 54.2 Å². The molecule has 0 aliphatic carbocycles. The molecule has 4 nitrogen and oxygen atoms in total. The number of aromatic nitrogens is 1. The van der Waals surface area contributed by atoms with E-state index in [2.05, 4.69) is 48.9 Å². The summed E-state index contributed by atoms with van der Waals surface area (Å²) in [5.41, 5.74) is 3.48. The number of para-hydroxylation sites is 1. The Morgan fingerprint density at radius 2 is 1.69 bits per heavy atom. The van der Waals surface area contributed by atoms with Gasteiger partial charge in [-0.25, -0.2) is 0 Å². The topological polar surface area (TPSA) is 28.5 Å². The standard InChI is InChI=1S/C22H27N3O/c1-17(18-10-6-5-7-11-18)25(22(26)16-23(2)3)15-20-14-19-12-8-9-13-21(19)24(20)4/h5-14,17H,15-16H2,1-4H3. The van der Waals surface area contributed by atoms with Crippen LogP contribution in [0.5, 0.6) is 0 Å². The number of nitrogens with zero attached hydrogens (tertiary/aromatic N) is 3. The summed E-state index contributed by atoms with van der Waals surface area (Å²) in [4.78, 5) is 16.9. The predicted octanol–water partition coefficient (Wildman–Crippen LogP) is 3.83. The zero-order valence-corrected chi connectivity index (χ0v) is 16.0. The van der Waals surface area contributed by atoms with Crippen molar-refractivity contribution in [2.45, 2.75) is 19.5 Å². The lowest BCUT2D eigenvalue weighted by molar-refractivity contribution is -0.134. The molecule has 0 N–H and O–H groups in total. The molecular formula is C22H27N3O. The number of carbonyl (C=O) groups is 1. The first-order valence-corrected chi connectivity index (χ1v) is 9.00. The fourth-order valence-electron chi connectivity index (χ4n) is 3.39. The monoisotopic (exact) mass is 349 g/mol. The minimum Gasteiger partial charge on any atom is -0.346 e. The van der Waals surface area contributed by atoms with Crippen LogP contribution in [0.15, 0.2) is 60.7 Å². The number of benzene rings is 2. The number of rotatable bonds is 6. The normalized spacial score (nSPS) is 12.5. The molecule has 0 aliphatic rings. The van der Waals surface area contributed by atoms with Gasteiger partial charge in [-0.3, -0.25) is 4.79 Å². The van der Waals surface area contributed by atoms with Gasteiger partial charge < -0.3 is 14.4 Å². The van der Waals surface area contributed by atoms with Gasteiger partial charge >= 0.3 is 0 Å². The quantitative estimate of drug-likeness (QED) is 0.677. The maximum absolute atomic E-state index is 13.0. The Hall–Kier alpha value is -2.59. The van der Waals surface area contributed by atoms with Gasteiger partial charge in [0, 0.05) is 18.3 Å². The van der Waals surface area contributed by atoms with Gasteiger partial charge in [0.25, 0.3) is 0 Å². The van der Waals surface area contributed by atoms with E-state index in [0.29, 0.717) is 13.1 Å². The van der Waals surface area contributed by atoms with E-state index in [-0.39, 0.29) is 11.9 Å². The molecule has 3 rings (SSSR count). The van der Waals surface area contributed by atoms with Gasteiger partial charge in [0.2, 0.25) is 5.91 Å². The van der Waals surface area contributed by atoms with Crippen molar-refractivity contribution in [3.8, 4) is 0 Å². The number of carbonyl (C=O) groups excluding carboxylic acids is 1. The van der Waals surface area contributed by atoms with Crippen molar-refractivity contribution in [3.63, 3.8) is 0 Å². The molecular weight excluding hydrogens is 322 g/mol. The molecule has 1 atom stereocenters. The highest BCUT2D eigenvalue weighted by Gasteiger charge is 2.23. The molecule has 1 unspecified atom stereocenters. The summed E-state index contributed by atoms with van der Waals surface area (Å²) in [5.74, 6) is 0.136. The zero-order chi connectivity index (χ0) is 18.7. The molecule has 4 heteroatoms. The van der Waals surface area contributed by atoms with Gasteiger partial charge in [0.1, 0.15) is 0 Å². The highest BCUT2D eigenvalue weighted by Crippen LogP contribution is 2.25. The second kappa shape index (κ2) is 7.75. The molecule has 0 radical (unpaired) electrons. The highest BCUT2D eigenvalue weighted by atomic mass is 16.2. The number of hydrogen-bond donors (Lipinski definition) is 0. The summed E-state index contributed by atoms with van der Waals surface area (Å²) >= 11 is 0. The average Bonchev–Trinajstić information content (AvgIpc) is 2.95. The fraction of sp³-hybridized carbons (Fsp3) is 0.318. The number of hydrogen-bond acceptors (Lipinski definition) is 2. The Balaban J connectivity index is 1.94. The zero-order valence-electron chi connectivity index (χ0n) is 16.0. The Morgan fingerprint density at radius 3 is 2.35 bits per heavy atom. The minimum atomic E-state index is 0.0154. The third kappa shape index (κ3) is 3.81. The van der Waals surface area contributed by atoms with E-state index in [4.69, 9.17) is 0 Å². The Morgan fingerprint density at radius 1 is 1.04 bits per heavy atom. The lowest BCUT2D eigenvalue weighted by Crippen LogP contribution is -2.39. The van der Waals surface area contributed by atoms with Crippen LogP contribution in [0.25, 0.3) is 10.9 Å². The van der Waals surface area contributed by atoms with Gasteiger partial charge in [-0.15, -0.1) is 0 Å². The van der Waals surface area contributed by atoms with E-state index in [9.17, 15) is 4.79 Å². The van der Waals surface area contributed by atoms with Gasteiger partial charge in [0.05, 0.1) is 19.1 Å². The predicted molar refractivity (Wildman–Crippen MR) is 107 cm³/mol. The van der Waals surface area contributed by atoms with Gasteiger partial charge in [-0.2, -0.15) is 0 Å². The molecule has 0 saturated carbocycles. The second-order valence-electron chi connectivity index (χ2n) is 7.10. The van der Waals surface area contributed by atoms with Crippen LogP contribution in [0.1, 0.15) is 24.2 Å². The van der Waals surface area contributed by atoms with Crippen LogP contribution in [0, 0.1) is 0 Å². The third-order valence-corrected chi connectivity index (χ3v) is 4.90. The van der Waals surface area contributed by atoms with E-state index in [1.165, 1.54) is 10.9 Å². The molecule has 1 heterocycles. The Kier molecular flexibility index (Phi) is 5.43. The summed E-state index contributed by atoms with van der Waals surface area (Å²) in [7, 11) is 5.93. The summed E-state index contributed by atoms with van der Waals surface area (Å²) in [6.07, 6.45) is 0. The van der Waals surface area contributed by atoms with E-state index in [1.54, 1.807) is 0 Å². The number of aryl methyl sites for hydroxylation is 1. The summed E-state index contributed by atoms with van der Waals surface area (Å²) in [6, 6.07) is 20.8. The van der Waals surface area contributed by atoms with Crippen LogP contribution in [-0.4, -0.2) is 40.9 Å². The molecule has 2 aromatic carbocycles. The van der Waals surface area contributed by atoms with Crippen LogP contribution in [0.4, 0.5) is 0 Å². The fourth-order valence-corrected chi connectivity index (χ4v) is 3.39. The van der Waals surface area contributed by atoms with Crippen LogP contribution < -0.4 is 0 Å². The molecule has 1 amide bonds. The van der Waals surface area contributed by atoms with Crippen molar-refractivity contribution >= 4 is 16.8 Å². The molecule has 136 valence electrons. The van der Waals surface area contributed by atoms with E-state index in [0.717, 1.165) is 11.3 Å². The van der Waals surface area contributed by atoms with Crippen LogP contribution in [0.2, 0.25) is 0 Å². The van der Waals surface area contributed by atoms with Crippen molar-refractivity contribution in [1.82, 2.24) is 14.4 Å². The van der Waals surface area contributed by atoms with E-state index < -0.39 is 0 Å². The van der Waals surface area contributed by atoms with Crippen LogP contribution in [-0.2, 0) is 18.4 Å². The SMILES string of the molecule is CC(c1ccccc1)N(Cc1cc2ccccc2n1C)C(=O)CN(C)C. The molecule has 0 spiro atoms. The highest BCUT2D eigenvalue weighted by molar-refractivity contribution is 5.82. The molecule has 0 saturated heterocycles. The first-order chi connectivity index (χ1) is 12.5. The van der Waals surface area contributed by atoms with Crippen molar-refractivity contribution in [1.29, 1.82) is 0 Å². The van der Waals surface area contributed by atoms with Crippen molar-refractivity contribution in [2.24, 2.45) is 7.05 Å². The molecule has 0 bridgehead atoms. The summed E-state index contributed by atoms with van der Waals surface area (Å²) in [5, 5.41) is 1.21. The maximum Gasteiger partial charge on any atom is 0.237 e. The minimum absolute atomic E-state index is 0.0154. The average molecular weight is 349 g/mol.